The molecule has 24 heavy (non-hydrogen) atoms. The van der Waals surface area contributed by atoms with Gasteiger partial charge in [0.25, 0.3) is 5.69 Å². The fourth-order valence-electron chi connectivity index (χ4n) is 1.93. The smallest absolute Gasteiger partial charge is 0.466 e. The highest BCUT2D eigenvalue weighted by Gasteiger charge is 2.28. The number of hydrogen-bond acceptors (Lipinski definition) is 5. The number of nitrogens with zero attached hydrogens (tertiary/aromatic N) is 2. The average molecular weight is 374 g/mol. The topological polar surface area (TPSA) is 78.7 Å². The Balaban J connectivity index is 3.05. The number of rotatable bonds is 9. The molecule has 0 saturated heterocycles. The predicted octanol–water partition coefficient (Wildman–Crippen LogP) is 2.89. The molecule has 0 heterocycles. The third-order valence-electron chi connectivity index (χ3n) is 2.92. The molecule has 0 aliphatic rings. The van der Waals surface area contributed by atoms with Crippen molar-refractivity contribution in [3.05, 3.63) is 38.9 Å². The quantitative estimate of drug-likeness (QED) is 0.288. The Morgan fingerprint density at radius 2 is 2.08 bits per heavy atom. The summed E-state index contributed by atoms with van der Waals surface area (Å²) >= 11 is 6.00. The molecule has 0 aliphatic carbocycles. The van der Waals surface area contributed by atoms with Crippen LogP contribution in [0.2, 0.25) is 5.02 Å². The fraction of sp³-hybridized carbons (Fsp3) is 0.533. The number of nitro benzene ring substituents is 1. The second kappa shape index (κ2) is 9.12. The van der Waals surface area contributed by atoms with Crippen LogP contribution in [0.5, 0.6) is 0 Å². The molecule has 0 aliphatic heterocycles. The van der Waals surface area contributed by atoms with Crippen LogP contribution in [0.1, 0.15) is 31.4 Å². The number of carbonyl (C=O) groups is 1. The monoisotopic (exact) mass is 373 g/mol. The Morgan fingerprint density at radius 3 is 2.62 bits per heavy atom. The van der Waals surface area contributed by atoms with Crippen LogP contribution >= 0.6 is 11.6 Å². The molecule has 0 bridgehead atoms. The van der Waals surface area contributed by atoms with E-state index in [0.29, 0.717) is 21.3 Å². The molecular weight excluding hydrogens is 352 g/mol. The van der Waals surface area contributed by atoms with Crippen molar-refractivity contribution in [2.24, 2.45) is 0 Å². The molecule has 1 aromatic carbocycles. The van der Waals surface area contributed by atoms with Gasteiger partial charge in [0.05, 0.1) is 44.3 Å². The van der Waals surface area contributed by atoms with E-state index in [1.54, 1.807) is 6.92 Å². The lowest BCUT2D eigenvalue weighted by Gasteiger charge is -2.24. The third-order valence-corrected chi connectivity index (χ3v) is 4.09. The van der Waals surface area contributed by atoms with Crippen LogP contribution in [-0.2, 0) is 14.0 Å². The molecule has 0 aromatic heterocycles. The maximum atomic E-state index is 11.6. The van der Waals surface area contributed by atoms with Gasteiger partial charge < -0.3 is 13.3 Å². The van der Waals surface area contributed by atoms with Crippen molar-refractivity contribution in [3.8, 4) is 0 Å². The lowest BCUT2D eigenvalue weighted by atomic mass is 10.0. The van der Waals surface area contributed by atoms with Gasteiger partial charge in [0.1, 0.15) is 0 Å². The minimum atomic E-state index is -0.607. The molecule has 0 N–H and O–H groups in total. The maximum absolute atomic E-state index is 11.6. The van der Waals surface area contributed by atoms with E-state index in [0.717, 1.165) is 0 Å². The van der Waals surface area contributed by atoms with Crippen molar-refractivity contribution in [2.45, 2.75) is 25.9 Å². The predicted molar refractivity (Wildman–Crippen MR) is 91.6 cm³/mol. The van der Waals surface area contributed by atoms with E-state index >= 15 is 0 Å². The number of carbonyl (C=O) groups excluding carboxylic acids is 1. The Bertz CT molecular complexity index is 592. The van der Waals surface area contributed by atoms with Crippen LogP contribution in [0.3, 0.4) is 0 Å². The highest BCUT2D eigenvalue weighted by molar-refractivity contribution is 6.30. The number of ether oxygens (including phenoxy) is 1. The van der Waals surface area contributed by atoms with Crippen molar-refractivity contribution in [1.82, 2.24) is 0 Å². The number of quaternary nitrogens is 1. The van der Waals surface area contributed by atoms with Gasteiger partial charge in [-0.2, -0.15) is 0 Å². The van der Waals surface area contributed by atoms with Gasteiger partial charge in [0.15, 0.2) is 0 Å². The van der Waals surface area contributed by atoms with Gasteiger partial charge in [-0.1, -0.05) is 11.6 Å². The minimum Gasteiger partial charge on any atom is -0.466 e. The zero-order chi connectivity index (χ0) is 18.3. The Kier molecular flexibility index (Phi) is 7.81. The number of benzene rings is 1. The molecule has 0 fully saturated rings. The van der Waals surface area contributed by atoms with Crippen LogP contribution in [-0.4, -0.2) is 52.7 Å². The summed E-state index contributed by atoms with van der Waals surface area (Å²) in [6.07, 6.45) is -0.208. The Morgan fingerprint density at radius 1 is 1.42 bits per heavy atom. The van der Waals surface area contributed by atoms with E-state index in [2.05, 4.69) is 0 Å². The standard InChI is InChI=1S/C15H22ClN2O5Si/c1-5-22-15(19)9-8-14(23-24-18(2,3)4)12-10-11(16)6-7-13(12)17(20)21/h6-7,10,14H,5,8-9H2,1-4H3/q+1. The summed E-state index contributed by atoms with van der Waals surface area (Å²) in [7, 11) is 5.91. The van der Waals surface area contributed by atoms with Gasteiger partial charge in [-0.15, -0.1) is 0 Å². The first-order valence-corrected chi connectivity index (χ1v) is 8.71. The van der Waals surface area contributed by atoms with E-state index in [-0.39, 0.29) is 34.4 Å². The molecule has 9 heteroatoms. The number of halogens is 1. The highest BCUT2D eigenvalue weighted by Crippen LogP contribution is 2.33. The first-order valence-electron chi connectivity index (χ1n) is 7.48. The Hall–Kier alpha value is -1.48. The summed E-state index contributed by atoms with van der Waals surface area (Å²) < 4.78 is 11.4. The van der Waals surface area contributed by atoms with E-state index in [1.165, 1.54) is 18.2 Å². The molecule has 0 saturated carbocycles. The zero-order valence-electron chi connectivity index (χ0n) is 14.2. The van der Waals surface area contributed by atoms with E-state index in [1.807, 2.05) is 21.1 Å². The van der Waals surface area contributed by atoms with E-state index in [4.69, 9.17) is 20.8 Å². The molecule has 7 nitrogen and oxygen atoms in total. The zero-order valence-corrected chi connectivity index (χ0v) is 16.0. The van der Waals surface area contributed by atoms with Gasteiger partial charge in [-0.3, -0.25) is 14.9 Å². The number of hydrogen-bond donors (Lipinski definition) is 0. The van der Waals surface area contributed by atoms with Gasteiger partial charge >= 0.3 is 15.9 Å². The van der Waals surface area contributed by atoms with Crippen LogP contribution in [0.4, 0.5) is 5.69 Å². The van der Waals surface area contributed by atoms with Crippen molar-refractivity contribution in [3.63, 3.8) is 0 Å². The van der Waals surface area contributed by atoms with Gasteiger partial charge in [0, 0.05) is 17.5 Å². The summed E-state index contributed by atoms with van der Waals surface area (Å²) in [5, 5.41) is 11.7. The van der Waals surface area contributed by atoms with Gasteiger partial charge in [-0.05, 0) is 25.5 Å². The highest BCUT2D eigenvalue weighted by atomic mass is 35.5. The maximum Gasteiger partial charge on any atom is 0.604 e. The first kappa shape index (κ1) is 20.6. The lowest BCUT2D eigenvalue weighted by Crippen LogP contribution is -2.40. The summed E-state index contributed by atoms with van der Waals surface area (Å²) in [5.74, 6) is -0.357. The summed E-state index contributed by atoms with van der Waals surface area (Å²) in [4.78, 5) is 22.4. The molecule has 1 aromatic rings. The number of nitro groups is 1. The minimum absolute atomic E-state index is 0.0582. The van der Waals surface area contributed by atoms with Crippen LogP contribution in [0, 0.1) is 10.1 Å². The van der Waals surface area contributed by atoms with Crippen molar-refractivity contribution in [1.29, 1.82) is 0 Å². The SMILES string of the molecule is CCOC(=O)CCC(O[Si][N+](C)(C)C)c1cc(Cl)ccc1[N+](=O)[O-]. The van der Waals surface area contributed by atoms with Crippen molar-refractivity contribution >= 4 is 33.2 Å². The fourth-order valence-corrected chi connectivity index (χ4v) is 2.80. The average Bonchev–Trinajstić information content (AvgIpc) is 2.46. The second-order valence-corrected chi connectivity index (χ2v) is 8.21. The normalized spacial score (nSPS) is 12.7. The summed E-state index contributed by atoms with van der Waals surface area (Å²) in [6.45, 7) is 2.02. The molecule has 1 unspecified atom stereocenters. The van der Waals surface area contributed by atoms with Crippen molar-refractivity contribution < 1.29 is 23.0 Å². The summed E-state index contributed by atoms with van der Waals surface area (Å²) in [6, 6.07) is 4.34. The third kappa shape index (κ3) is 6.96. The molecule has 1 atom stereocenters. The second-order valence-electron chi connectivity index (χ2n) is 6.01. The molecule has 132 valence electrons. The molecule has 2 radical (unpaired) electrons. The van der Waals surface area contributed by atoms with Crippen LogP contribution in [0.25, 0.3) is 0 Å². The first-order chi connectivity index (χ1) is 11.1. The van der Waals surface area contributed by atoms with Gasteiger partial charge in [-0.25, -0.2) is 0 Å². The summed E-state index contributed by atoms with van der Waals surface area (Å²) in [5.41, 5.74) is 0.303. The van der Waals surface area contributed by atoms with E-state index in [9.17, 15) is 14.9 Å². The molecule has 1 rings (SSSR count). The van der Waals surface area contributed by atoms with Crippen LogP contribution < -0.4 is 0 Å². The van der Waals surface area contributed by atoms with Gasteiger partial charge in [0.2, 0.25) is 0 Å². The van der Waals surface area contributed by atoms with Crippen LogP contribution in [0.15, 0.2) is 18.2 Å². The lowest BCUT2D eigenvalue weighted by molar-refractivity contribution is -0.763. The molecular formula is C15H22ClN2O5Si+. The Labute approximate surface area is 149 Å². The molecule has 0 spiro atoms. The molecule has 0 amide bonds. The van der Waals surface area contributed by atoms with E-state index < -0.39 is 11.0 Å². The largest absolute Gasteiger partial charge is 0.604 e. The number of esters is 1. The van der Waals surface area contributed by atoms with Crippen molar-refractivity contribution in [2.75, 3.05) is 27.7 Å².